The Hall–Kier alpha value is -0.880. The van der Waals surface area contributed by atoms with E-state index in [9.17, 15) is 9.00 Å². The molecule has 1 aromatic rings. The van der Waals surface area contributed by atoms with Crippen LogP contribution in [-0.4, -0.2) is 20.5 Å². The molecule has 16 heavy (non-hydrogen) atoms. The first-order chi connectivity index (χ1) is 7.41. The smallest absolute Gasteiger partial charge is 0.335 e. The molecule has 0 radical (unpaired) electrons. The van der Waals surface area contributed by atoms with Crippen molar-refractivity contribution >= 4 is 31.6 Å². The van der Waals surface area contributed by atoms with Gasteiger partial charge < -0.3 is 5.11 Å². The number of carbonyl (C=O) groups is 1. The van der Waals surface area contributed by atoms with Crippen LogP contribution in [0.4, 0.5) is 0 Å². The van der Waals surface area contributed by atoms with Crippen LogP contribution in [0.5, 0.6) is 0 Å². The second-order valence-corrected chi connectivity index (χ2v) is 7.04. The largest absolute Gasteiger partial charge is 0.478 e. The Morgan fingerprint density at radius 2 is 2.06 bits per heavy atom. The summed E-state index contributed by atoms with van der Waals surface area (Å²) >= 11 is 3.17. The number of aromatic carboxylic acids is 1. The van der Waals surface area contributed by atoms with Crippen LogP contribution in [0, 0.1) is 4.78 Å². The van der Waals surface area contributed by atoms with Gasteiger partial charge in [0, 0.05) is 14.6 Å². The fourth-order valence-corrected chi connectivity index (χ4v) is 3.89. The molecular formula is C10H10BrNO3S. The topological polar surface area (TPSA) is 78.2 Å². The summed E-state index contributed by atoms with van der Waals surface area (Å²) in [5, 5.41) is 8.77. The van der Waals surface area contributed by atoms with E-state index in [1.54, 1.807) is 6.07 Å². The van der Waals surface area contributed by atoms with E-state index in [0.717, 1.165) is 12.8 Å². The van der Waals surface area contributed by atoms with Crippen molar-refractivity contribution in [2.45, 2.75) is 23.0 Å². The summed E-state index contributed by atoms with van der Waals surface area (Å²) in [6.45, 7) is 0. The Kier molecular flexibility index (Phi) is 2.79. The second-order valence-electron chi connectivity index (χ2n) is 3.78. The summed E-state index contributed by atoms with van der Waals surface area (Å²) in [4.78, 5) is 11.2. The predicted molar refractivity (Wildman–Crippen MR) is 63.3 cm³/mol. The Labute approximate surface area is 102 Å². The van der Waals surface area contributed by atoms with E-state index in [-0.39, 0.29) is 10.8 Å². The quantitative estimate of drug-likeness (QED) is 0.901. The normalized spacial score (nSPS) is 19.1. The summed E-state index contributed by atoms with van der Waals surface area (Å²) < 4.78 is 20.5. The molecule has 2 N–H and O–H groups in total. The molecule has 0 aliphatic heterocycles. The fourth-order valence-electron chi connectivity index (χ4n) is 1.45. The van der Waals surface area contributed by atoms with E-state index in [2.05, 4.69) is 15.9 Å². The van der Waals surface area contributed by atoms with Crippen molar-refractivity contribution in [3.05, 3.63) is 28.2 Å². The molecule has 4 nitrogen and oxygen atoms in total. The molecule has 0 bridgehead atoms. The molecule has 1 aliphatic carbocycles. The molecule has 2 rings (SSSR count). The van der Waals surface area contributed by atoms with Crippen molar-refractivity contribution in [2.75, 3.05) is 0 Å². The van der Waals surface area contributed by atoms with Crippen molar-refractivity contribution in [3.63, 3.8) is 0 Å². The Bertz CT molecular complexity index is 549. The minimum atomic E-state index is -2.84. The van der Waals surface area contributed by atoms with E-state index in [1.807, 2.05) is 0 Å². The monoisotopic (exact) mass is 303 g/mol. The van der Waals surface area contributed by atoms with Crippen LogP contribution in [0.25, 0.3) is 0 Å². The maximum atomic E-state index is 12.1. The van der Waals surface area contributed by atoms with Gasteiger partial charge >= 0.3 is 5.97 Å². The summed E-state index contributed by atoms with van der Waals surface area (Å²) in [5.41, 5.74) is 0.0602. The third-order valence-corrected chi connectivity index (χ3v) is 5.27. The summed E-state index contributed by atoms with van der Waals surface area (Å²) in [6, 6.07) is 4.34. The van der Waals surface area contributed by atoms with Gasteiger partial charge in [-0.15, -0.1) is 0 Å². The highest BCUT2D eigenvalue weighted by atomic mass is 79.9. The Morgan fingerprint density at radius 1 is 1.44 bits per heavy atom. The third-order valence-electron chi connectivity index (χ3n) is 2.46. The van der Waals surface area contributed by atoms with E-state index in [0.29, 0.717) is 9.37 Å². The molecule has 1 saturated carbocycles. The average molecular weight is 304 g/mol. The van der Waals surface area contributed by atoms with Gasteiger partial charge in [-0.05, 0) is 31.0 Å². The number of benzene rings is 1. The van der Waals surface area contributed by atoms with Crippen LogP contribution in [0.3, 0.4) is 0 Å². The van der Waals surface area contributed by atoms with Crippen LogP contribution in [0.15, 0.2) is 27.6 Å². The molecule has 0 heterocycles. The second kappa shape index (κ2) is 3.85. The van der Waals surface area contributed by atoms with Crippen molar-refractivity contribution in [3.8, 4) is 0 Å². The lowest BCUT2D eigenvalue weighted by Gasteiger charge is -2.07. The van der Waals surface area contributed by atoms with Crippen LogP contribution in [0.2, 0.25) is 0 Å². The van der Waals surface area contributed by atoms with Crippen molar-refractivity contribution in [1.82, 2.24) is 0 Å². The number of hydrogen-bond acceptors (Lipinski definition) is 3. The first-order valence-corrected chi connectivity index (χ1v) is 7.14. The zero-order valence-electron chi connectivity index (χ0n) is 8.27. The van der Waals surface area contributed by atoms with Crippen LogP contribution in [-0.2, 0) is 9.73 Å². The molecule has 1 fully saturated rings. The number of halogens is 1. The fraction of sp³-hybridized carbons (Fsp3) is 0.300. The van der Waals surface area contributed by atoms with E-state index in [1.165, 1.54) is 12.1 Å². The van der Waals surface area contributed by atoms with Gasteiger partial charge in [-0.25, -0.2) is 13.8 Å². The minimum Gasteiger partial charge on any atom is -0.478 e. The van der Waals surface area contributed by atoms with Gasteiger partial charge in [0.25, 0.3) is 0 Å². The molecule has 1 unspecified atom stereocenters. The van der Waals surface area contributed by atoms with Crippen molar-refractivity contribution in [2.24, 2.45) is 0 Å². The standard InChI is InChI=1S/C10H10BrNO3S/c11-7-3-6(10(13)14)4-9(5-7)16(12,15)8-1-2-8/h3-5,8,12H,1-2H2,(H,13,14). The Balaban J connectivity index is 2.53. The van der Waals surface area contributed by atoms with Gasteiger partial charge in [-0.3, -0.25) is 0 Å². The number of rotatable bonds is 3. The van der Waals surface area contributed by atoms with Crippen LogP contribution < -0.4 is 0 Å². The number of carboxylic acid groups (broad SMARTS) is 1. The van der Waals surface area contributed by atoms with Crippen LogP contribution >= 0.6 is 15.9 Å². The maximum Gasteiger partial charge on any atom is 0.335 e. The maximum absolute atomic E-state index is 12.1. The summed E-state index contributed by atoms with van der Waals surface area (Å²) in [5.74, 6) is -1.08. The van der Waals surface area contributed by atoms with E-state index >= 15 is 0 Å². The lowest BCUT2D eigenvalue weighted by Crippen LogP contribution is -2.07. The lowest BCUT2D eigenvalue weighted by molar-refractivity contribution is 0.0696. The molecule has 6 heteroatoms. The highest BCUT2D eigenvalue weighted by Gasteiger charge is 2.34. The molecule has 0 amide bonds. The van der Waals surface area contributed by atoms with Gasteiger partial charge in [0.1, 0.15) is 0 Å². The van der Waals surface area contributed by atoms with E-state index in [4.69, 9.17) is 9.89 Å². The Morgan fingerprint density at radius 3 is 2.56 bits per heavy atom. The molecule has 0 saturated heterocycles. The molecule has 0 spiro atoms. The average Bonchev–Trinajstić information content (AvgIpc) is 2.99. The first kappa shape index (κ1) is 11.6. The van der Waals surface area contributed by atoms with Gasteiger partial charge in [0.15, 0.2) is 0 Å². The summed E-state index contributed by atoms with van der Waals surface area (Å²) in [7, 11) is -2.84. The first-order valence-electron chi connectivity index (χ1n) is 4.73. The van der Waals surface area contributed by atoms with Gasteiger partial charge in [-0.1, -0.05) is 15.9 Å². The third kappa shape index (κ3) is 2.12. The van der Waals surface area contributed by atoms with Gasteiger partial charge in [-0.2, -0.15) is 0 Å². The highest BCUT2D eigenvalue weighted by molar-refractivity contribution is 9.10. The SMILES string of the molecule is N=S(=O)(c1cc(Br)cc(C(=O)O)c1)C1CC1. The predicted octanol–water partition coefficient (Wildman–Crippen LogP) is 2.72. The number of nitrogens with one attached hydrogen (secondary N) is 1. The summed E-state index contributed by atoms with van der Waals surface area (Å²) in [6.07, 6.45) is 1.58. The van der Waals surface area contributed by atoms with Crippen molar-refractivity contribution < 1.29 is 14.1 Å². The lowest BCUT2D eigenvalue weighted by atomic mass is 10.2. The molecule has 0 aromatic heterocycles. The van der Waals surface area contributed by atoms with Gasteiger partial charge in [0.05, 0.1) is 15.3 Å². The van der Waals surface area contributed by atoms with Crippen LogP contribution in [0.1, 0.15) is 23.2 Å². The number of carboxylic acids is 1. The van der Waals surface area contributed by atoms with E-state index < -0.39 is 15.7 Å². The zero-order chi connectivity index (χ0) is 11.9. The molecule has 1 aliphatic rings. The minimum absolute atomic E-state index is 0.0602. The highest BCUT2D eigenvalue weighted by Crippen LogP contribution is 2.35. The molecule has 1 aromatic carbocycles. The molecular weight excluding hydrogens is 294 g/mol. The number of hydrogen-bond donors (Lipinski definition) is 2. The van der Waals surface area contributed by atoms with Crippen molar-refractivity contribution in [1.29, 1.82) is 4.78 Å². The molecule has 86 valence electrons. The zero-order valence-corrected chi connectivity index (χ0v) is 10.7. The van der Waals surface area contributed by atoms with Gasteiger partial charge in [0.2, 0.25) is 0 Å². The molecule has 1 atom stereocenters.